The van der Waals surface area contributed by atoms with Gasteiger partial charge in [0, 0.05) is 29.0 Å². The second kappa shape index (κ2) is 6.68. The summed E-state index contributed by atoms with van der Waals surface area (Å²) in [4.78, 5) is 21.8. The second-order valence-corrected chi connectivity index (χ2v) is 6.79. The highest BCUT2D eigenvalue weighted by atomic mass is 32.1. The average Bonchev–Trinajstić information content (AvgIpc) is 3.18. The third-order valence-corrected chi connectivity index (χ3v) is 4.84. The zero-order valence-electron chi connectivity index (χ0n) is 13.9. The monoisotopic (exact) mass is 366 g/mol. The average molecular weight is 366 g/mol. The fourth-order valence-corrected chi connectivity index (χ4v) is 3.55. The molecule has 0 aliphatic heterocycles. The number of amides is 1. The number of pyridine rings is 1. The smallest absolute Gasteiger partial charge is 0.231 e. The first-order valence-corrected chi connectivity index (χ1v) is 8.90. The van der Waals surface area contributed by atoms with E-state index in [1.165, 1.54) is 23.5 Å². The summed E-state index contributed by atoms with van der Waals surface area (Å²) in [5, 5.41) is 4.73. The third kappa shape index (κ3) is 3.34. The van der Waals surface area contributed by atoms with Crippen LogP contribution in [0.1, 0.15) is 11.3 Å². The Kier molecular flexibility index (Phi) is 4.22. The van der Waals surface area contributed by atoms with Crippen LogP contribution in [0.15, 0.2) is 54.2 Å². The Hall–Kier alpha value is -3.06. The number of benzene rings is 1. The number of thiazole rings is 1. The van der Waals surface area contributed by atoms with Crippen molar-refractivity contribution in [2.45, 2.75) is 13.3 Å². The number of carbonyl (C=O) groups is 1. The van der Waals surface area contributed by atoms with E-state index in [0.717, 1.165) is 27.5 Å². The molecule has 3 aromatic heterocycles. The van der Waals surface area contributed by atoms with Crippen molar-refractivity contribution in [3.05, 3.63) is 71.2 Å². The molecule has 0 unspecified atom stereocenters. The first kappa shape index (κ1) is 16.4. The number of rotatable bonds is 4. The number of hydrogen-bond acceptors (Lipinski definition) is 4. The molecule has 4 aromatic rings. The number of halogens is 1. The van der Waals surface area contributed by atoms with Gasteiger partial charge in [0.25, 0.3) is 0 Å². The highest BCUT2D eigenvalue weighted by Crippen LogP contribution is 2.24. The molecular weight excluding hydrogens is 351 g/mol. The van der Waals surface area contributed by atoms with Gasteiger partial charge in [0.05, 0.1) is 12.1 Å². The van der Waals surface area contributed by atoms with Crippen molar-refractivity contribution < 1.29 is 9.18 Å². The summed E-state index contributed by atoms with van der Waals surface area (Å²) < 4.78 is 15.0. The molecule has 1 N–H and O–H groups in total. The Balaban J connectivity index is 1.55. The van der Waals surface area contributed by atoms with E-state index in [9.17, 15) is 9.18 Å². The number of anilines is 1. The first-order chi connectivity index (χ1) is 12.6. The number of aryl methyl sites for hydroxylation is 1. The standard InChI is InChI=1S/C19H15FN4OS/c1-12-6-7-21-17(8-12)23-18(25)9-15-11-26-19-22-16(10-24(15)19)13-2-4-14(20)5-3-13/h2-8,10-11H,9H2,1H3,(H,21,23,25). The molecule has 130 valence electrons. The SMILES string of the molecule is Cc1ccnc(NC(=O)Cc2csc3nc(-c4ccc(F)cc4)cn23)c1. The van der Waals surface area contributed by atoms with Gasteiger partial charge in [-0.15, -0.1) is 11.3 Å². The molecule has 0 radical (unpaired) electrons. The summed E-state index contributed by atoms with van der Waals surface area (Å²) in [6, 6.07) is 9.90. The molecule has 0 spiro atoms. The van der Waals surface area contributed by atoms with Crippen molar-refractivity contribution in [1.82, 2.24) is 14.4 Å². The number of nitrogens with one attached hydrogen (secondary N) is 1. The minimum absolute atomic E-state index is 0.139. The predicted octanol–water partition coefficient (Wildman–Crippen LogP) is 4.09. The maximum Gasteiger partial charge on any atom is 0.231 e. The van der Waals surface area contributed by atoms with Crippen LogP contribution in [0.25, 0.3) is 16.2 Å². The number of carbonyl (C=O) groups excluding carboxylic acids is 1. The summed E-state index contributed by atoms with van der Waals surface area (Å²) in [6.45, 7) is 1.95. The van der Waals surface area contributed by atoms with Crippen molar-refractivity contribution in [2.24, 2.45) is 0 Å². The van der Waals surface area contributed by atoms with Gasteiger partial charge in [-0.2, -0.15) is 0 Å². The van der Waals surface area contributed by atoms with Gasteiger partial charge < -0.3 is 5.32 Å². The minimum atomic E-state index is -0.281. The summed E-state index contributed by atoms with van der Waals surface area (Å²) in [5.74, 6) is 0.121. The van der Waals surface area contributed by atoms with E-state index in [-0.39, 0.29) is 18.1 Å². The van der Waals surface area contributed by atoms with Gasteiger partial charge >= 0.3 is 0 Å². The van der Waals surface area contributed by atoms with E-state index >= 15 is 0 Å². The molecule has 1 aromatic carbocycles. The molecule has 0 saturated carbocycles. The molecule has 0 saturated heterocycles. The highest BCUT2D eigenvalue weighted by molar-refractivity contribution is 7.15. The van der Waals surface area contributed by atoms with E-state index in [2.05, 4.69) is 15.3 Å². The normalized spacial score (nSPS) is 11.0. The molecule has 0 fully saturated rings. The topological polar surface area (TPSA) is 59.3 Å². The quantitative estimate of drug-likeness (QED) is 0.592. The number of fused-ring (bicyclic) bond motifs is 1. The van der Waals surface area contributed by atoms with E-state index in [1.54, 1.807) is 18.3 Å². The van der Waals surface area contributed by atoms with Crippen molar-refractivity contribution in [3.8, 4) is 11.3 Å². The Morgan fingerprint density at radius 2 is 2.08 bits per heavy atom. The fourth-order valence-electron chi connectivity index (χ4n) is 2.67. The van der Waals surface area contributed by atoms with Crippen molar-refractivity contribution in [3.63, 3.8) is 0 Å². The largest absolute Gasteiger partial charge is 0.310 e. The Morgan fingerprint density at radius 3 is 2.85 bits per heavy atom. The lowest BCUT2D eigenvalue weighted by atomic mass is 10.2. The van der Waals surface area contributed by atoms with Crippen molar-refractivity contribution in [1.29, 1.82) is 0 Å². The lowest BCUT2D eigenvalue weighted by Crippen LogP contribution is -2.16. The van der Waals surface area contributed by atoms with Crippen molar-refractivity contribution in [2.75, 3.05) is 5.32 Å². The maximum absolute atomic E-state index is 13.1. The van der Waals surface area contributed by atoms with Crippen LogP contribution >= 0.6 is 11.3 Å². The van der Waals surface area contributed by atoms with Gasteiger partial charge in [0.15, 0.2) is 4.96 Å². The molecule has 26 heavy (non-hydrogen) atoms. The van der Waals surface area contributed by atoms with Crippen LogP contribution in [-0.4, -0.2) is 20.3 Å². The van der Waals surface area contributed by atoms with Gasteiger partial charge in [-0.05, 0) is 48.9 Å². The van der Waals surface area contributed by atoms with E-state index in [1.807, 2.05) is 35.0 Å². The van der Waals surface area contributed by atoms with E-state index < -0.39 is 0 Å². The van der Waals surface area contributed by atoms with Crippen LogP contribution in [0.3, 0.4) is 0 Å². The second-order valence-electron chi connectivity index (χ2n) is 5.96. The van der Waals surface area contributed by atoms with Gasteiger partial charge in [-0.25, -0.2) is 14.4 Å². The zero-order valence-corrected chi connectivity index (χ0v) is 14.8. The number of nitrogens with zero attached hydrogens (tertiary/aromatic N) is 3. The van der Waals surface area contributed by atoms with Gasteiger partial charge in [0.2, 0.25) is 5.91 Å². The highest BCUT2D eigenvalue weighted by Gasteiger charge is 2.13. The molecule has 0 aliphatic rings. The first-order valence-electron chi connectivity index (χ1n) is 8.02. The number of imidazole rings is 1. The zero-order chi connectivity index (χ0) is 18.1. The summed E-state index contributed by atoms with van der Waals surface area (Å²) >= 11 is 1.47. The molecule has 0 bridgehead atoms. The van der Waals surface area contributed by atoms with Gasteiger partial charge in [-0.1, -0.05) is 0 Å². The molecule has 4 rings (SSSR count). The molecule has 0 aliphatic carbocycles. The summed E-state index contributed by atoms with van der Waals surface area (Å²) in [6.07, 6.45) is 3.75. The number of aromatic nitrogens is 3. The molecule has 7 heteroatoms. The molecule has 1 amide bonds. The summed E-state index contributed by atoms with van der Waals surface area (Å²) in [7, 11) is 0. The van der Waals surface area contributed by atoms with Crippen LogP contribution in [0.4, 0.5) is 10.2 Å². The summed E-state index contributed by atoms with van der Waals surface area (Å²) in [5.41, 5.74) is 3.46. The lowest BCUT2D eigenvalue weighted by molar-refractivity contribution is -0.115. The van der Waals surface area contributed by atoms with E-state index in [4.69, 9.17) is 0 Å². The van der Waals surface area contributed by atoms with Crippen LogP contribution in [0.5, 0.6) is 0 Å². The van der Waals surface area contributed by atoms with Crippen LogP contribution in [-0.2, 0) is 11.2 Å². The molecule has 0 atom stereocenters. The predicted molar refractivity (Wildman–Crippen MR) is 99.8 cm³/mol. The third-order valence-electron chi connectivity index (χ3n) is 3.95. The lowest BCUT2D eigenvalue weighted by Gasteiger charge is -2.04. The maximum atomic E-state index is 13.1. The van der Waals surface area contributed by atoms with Crippen LogP contribution in [0.2, 0.25) is 0 Å². The molecule has 3 heterocycles. The molecular formula is C19H15FN4OS. The molecule has 5 nitrogen and oxygen atoms in total. The Labute approximate surface area is 153 Å². The fraction of sp³-hybridized carbons (Fsp3) is 0.105. The van der Waals surface area contributed by atoms with Crippen LogP contribution < -0.4 is 5.32 Å². The van der Waals surface area contributed by atoms with Crippen molar-refractivity contribution >= 4 is 28.0 Å². The Morgan fingerprint density at radius 1 is 1.27 bits per heavy atom. The van der Waals surface area contributed by atoms with Gasteiger partial charge in [-0.3, -0.25) is 9.20 Å². The number of hydrogen-bond donors (Lipinski definition) is 1. The Bertz CT molecular complexity index is 1080. The minimum Gasteiger partial charge on any atom is -0.310 e. The van der Waals surface area contributed by atoms with Gasteiger partial charge in [0.1, 0.15) is 11.6 Å². The van der Waals surface area contributed by atoms with Crippen LogP contribution in [0, 0.1) is 12.7 Å². The van der Waals surface area contributed by atoms with E-state index in [0.29, 0.717) is 5.82 Å².